The maximum atomic E-state index is 4.80. The van der Waals surface area contributed by atoms with Crippen LogP contribution in [0.2, 0.25) is 0 Å². The molecule has 0 saturated heterocycles. The Labute approximate surface area is 158 Å². The zero-order valence-corrected chi connectivity index (χ0v) is 15.1. The van der Waals surface area contributed by atoms with Crippen LogP contribution in [0.1, 0.15) is 36.3 Å². The van der Waals surface area contributed by atoms with Crippen molar-refractivity contribution >= 4 is 18.6 Å². The van der Waals surface area contributed by atoms with Gasteiger partial charge in [-0.3, -0.25) is 15.0 Å². The van der Waals surface area contributed by atoms with Crippen LogP contribution in [0.3, 0.4) is 0 Å². The van der Waals surface area contributed by atoms with Gasteiger partial charge in [-0.15, -0.1) is 0 Å². The topological polar surface area (TPSA) is 84.4 Å². The van der Waals surface area contributed by atoms with Crippen LogP contribution in [-0.4, -0.2) is 51.7 Å². The smallest absolute Gasteiger partial charge is 0.0561 e. The fraction of sp³-hybridized carbons (Fsp3) is 0.286. The summed E-state index contributed by atoms with van der Waals surface area (Å²) in [5, 5.41) is 0. The van der Waals surface area contributed by atoms with Gasteiger partial charge in [0.25, 0.3) is 0 Å². The summed E-state index contributed by atoms with van der Waals surface area (Å²) in [7, 11) is 0. The van der Waals surface area contributed by atoms with E-state index in [0.29, 0.717) is 0 Å². The Morgan fingerprint density at radius 1 is 0.593 bits per heavy atom. The van der Waals surface area contributed by atoms with Crippen LogP contribution < -0.4 is 0 Å². The molecule has 138 valence electrons. The van der Waals surface area contributed by atoms with Gasteiger partial charge in [-0.05, 0) is 55.7 Å². The molecule has 0 radical (unpaired) electrons. The van der Waals surface area contributed by atoms with Crippen LogP contribution in [0.15, 0.2) is 70.0 Å². The number of H-pyrrole nitrogens is 3. The first-order chi connectivity index (χ1) is 13.3. The van der Waals surface area contributed by atoms with E-state index in [1.54, 1.807) is 0 Å². The molecule has 4 rings (SSSR count). The number of aromatic amines is 3. The summed E-state index contributed by atoms with van der Waals surface area (Å²) in [6.45, 7) is 0. The van der Waals surface area contributed by atoms with Gasteiger partial charge in [-0.25, -0.2) is 0 Å². The lowest BCUT2D eigenvalue weighted by molar-refractivity contribution is 0.358. The molecule has 0 spiro atoms. The first-order valence-corrected chi connectivity index (χ1v) is 9.35. The number of aliphatic imine (C=N–C) groups is 3. The van der Waals surface area contributed by atoms with Gasteiger partial charge in [0.05, 0.1) is 35.2 Å². The number of rotatable bonds is 6. The van der Waals surface area contributed by atoms with Crippen molar-refractivity contribution in [2.75, 3.05) is 0 Å². The fourth-order valence-corrected chi connectivity index (χ4v) is 3.43. The van der Waals surface area contributed by atoms with E-state index in [-0.39, 0.29) is 18.1 Å². The molecule has 1 aliphatic carbocycles. The van der Waals surface area contributed by atoms with E-state index >= 15 is 0 Å². The van der Waals surface area contributed by atoms with Gasteiger partial charge in [-0.1, -0.05) is 0 Å². The number of nitrogens with zero attached hydrogens (tertiary/aromatic N) is 3. The normalized spacial score (nSPS) is 23.8. The van der Waals surface area contributed by atoms with E-state index in [0.717, 1.165) is 36.3 Å². The molecular weight excluding hydrogens is 336 g/mol. The summed E-state index contributed by atoms with van der Waals surface area (Å²) in [6.07, 6.45) is 14.3. The standard InChI is InChI=1S/C21H24N6/c1-4-16(22-7-1)13-25-19-10-20(26-14-17-5-2-8-23-17)12-21(11-19)27-15-18-6-3-9-24-18/h1-9,13-15,19-24H,10-12H2. The summed E-state index contributed by atoms with van der Waals surface area (Å²) < 4.78 is 0. The van der Waals surface area contributed by atoms with Gasteiger partial charge in [0.15, 0.2) is 0 Å². The number of nitrogens with one attached hydrogen (secondary N) is 3. The van der Waals surface area contributed by atoms with Gasteiger partial charge in [-0.2, -0.15) is 0 Å². The molecule has 1 fully saturated rings. The third-order valence-corrected chi connectivity index (χ3v) is 4.77. The quantitative estimate of drug-likeness (QED) is 0.561. The number of hydrogen-bond acceptors (Lipinski definition) is 3. The Morgan fingerprint density at radius 3 is 1.19 bits per heavy atom. The van der Waals surface area contributed by atoms with E-state index in [2.05, 4.69) is 15.0 Å². The Morgan fingerprint density at radius 2 is 0.926 bits per heavy atom. The molecule has 0 amide bonds. The minimum Gasteiger partial charge on any atom is -0.360 e. The Hall–Kier alpha value is -3.15. The van der Waals surface area contributed by atoms with Crippen molar-refractivity contribution in [3.63, 3.8) is 0 Å². The SMILES string of the molecule is C(=NC1CC(N=Cc2ccc[nH]2)CC(N=Cc2ccc[nH]2)C1)c1ccc[nH]1. The molecule has 1 saturated carbocycles. The highest BCUT2D eigenvalue weighted by atomic mass is 14.9. The van der Waals surface area contributed by atoms with Crippen LogP contribution in [-0.2, 0) is 0 Å². The van der Waals surface area contributed by atoms with Gasteiger partial charge >= 0.3 is 0 Å². The first-order valence-electron chi connectivity index (χ1n) is 9.35. The van der Waals surface area contributed by atoms with Crippen molar-refractivity contribution in [3.05, 3.63) is 72.1 Å². The van der Waals surface area contributed by atoms with E-state index < -0.39 is 0 Å². The van der Waals surface area contributed by atoms with Crippen molar-refractivity contribution < 1.29 is 0 Å². The molecule has 0 unspecified atom stereocenters. The summed E-state index contributed by atoms with van der Waals surface area (Å²) in [5.74, 6) is 0. The van der Waals surface area contributed by atoms with Crippen LogP contribution in [0.25, 0.3) is 0 Å². The summed E-state index contributed by atoms with van der Waals surface area (Å²) in [6, 6.07) is 12.7. The molecule has 0 bridgehead atoms. The van der Waals surface area contributed by atoms with Gasteiger partial charge in [0.1, 0.15) is 0 Å². The maximum absolute atomic E-state index is 4.80. The minimum absolute atomic E-state index is 0.221. The van der Waals surface area contributed by atoms with Gasteiger partial charge in [0.2, 0.25) is 0 Å². The largest absolute Gasteiger partial charge is 0.360 e. The van der Waals surface area contributed by atoms with E-state index in [1.165, 1.54) is 0 Å². The van der Waals surface area contributed by atoms with Crippen LogP contribution in [0.4, 0.5) is 0 Å². The van der Waals surface area contributed by atoms with Gasteiger partial charge in [0, 0.05) is 37.2 Å². The molecule has 0 atom stereocenters. The highest BCUT2D eigenvalue weighted by molar-refractivity contribution is 5.78. The molecule has 3 heterocycles. The lowest BCUT2D eigenvalue weighted by Gasteiger charge is -2.29. The Kier molecular flexibility index (Phi) is 5.43. The molecule has 3 aromatic rings. The number of hydrogen-bond donors (Lipinski definition) is 3. The van der Waals surface area contributed by atoms with Crippen LogP contribution >= 0.6 is 0 Å². The zero-order chi connectivity index (χ0) is 18.3. The third-order valence-electron chi connectivity index (χ3n) is 4.77. The molecule has 6 heteroatoms. The molecule has 6 nitrogen and oxygen atoms in total. The molecule has 3 N–H and O–H groups in total. The summed E-state index contributed by atoms with van der Waals surface area (Å²) in [5.41, 5.74) is 3.08. The second-order valence-corrected chi connectivity index (χ2v) is 6.88. The molecular formula is C21H24N6. The fourth-order valence-electron chi connectivity index (χ4n) is 3.43. The highest BCUT2D eigenvalue weighted by Crippen LogP contribution is 2.26. The lowest BCUT2D eigenvalue weighted by Crippen LogP contribution is -2.30. The minimum atomic E-state index is 0.221. The molecule has 0 aliphatic heterocycles. The predicted octanol–water partition coefficient (Wildman–Crippen LogP) is 3.62. The van der Waals surface area contributed by atoms with Crippen molar-refractivity contribution in [1.29, 1.82) is 0 Å². The first kappa shape index (κ1) is 17.3. The summed E-state index contributed by atoms with van der Waals surface area (Å²) in [4.78, 5) is 23.9. The highest BCUT2D eigenvalue weighted by Gasteiger charge is 2.27. The van der Waals surface area contributed by atoms with Crippen molar-refractivity contribution in [1.82, 2.24) is 15.0 Å². The maximum Gasteiger partial charge on any atom is 0.0561 e. The van der Waals surface area contributed by atoms with Gasteiger partial charge < -0.3 is 15.0 Å². The molecule has 0 aromatic carbocycles. The predicted molar refractivity (Wildman–Crippen MR) is 110 cm³/mol. The molecule has 1 aliphatic rings. The molecule has 27 heavy (non-hydrogen) atoms. The van der Waals surface area contributed by atoms with Crippen molar-refractivity contribution in [3.8, 4) is 0 Å². The Bertz CT molecular complexity index is 746. The Balaban J connectivity index is 1.46. The monoisotopic (exact) mass is 360 g/mol. The van der Waals surface area contributed by atoms with Crippen LogP contribution in [0.5, 0.6) is 0 Å². The zero-order valence-electron chi connectivity index (χ0n) is 15.1. The third kappa shape index (κ3) is 4.94. The van der Waals surface area contributed by atoms with Crippen LogP contribution in [0, 0.1) is 0 Å². The van der Waals surface area contributed by atoms with Crippen molar-refractivity contribution in [2.45, 2.75) is 37.4 Å². The molecule has 3 aromatic heterocycles. The average molecular weight is 360 g/mol. The average Bonchev–Trinajstić information content (AvgIpc) is 3.46. The second kappa shape index (κ2) is 8.49. The van der Waals surface area contributed by atoms with E-state index in [1.807, 2.05) is 73.6 Å². The van der Waals surface area contributed by atoms with E-state index in [4.69, 9.17) is 15.0 Å². The van der Waals surface area contributed by atoms with E-state index in [9.17, 15) is 0 Å². The lowest BCUT2D eigenvalue weighted by atomic mass is 9.88. The summed E-state index contributed by atoms with van der Waals surface area (Å²) >= 11 is 0. The number of aromatic nitrogens is 3. The second-order valence-electron chi connectivity index (χ2n) is 6.88. The van der Waals surface area contributed by atoms with Crippen molar-refractivity contribution in [2.24, 2.45) is 15.0 Å².